The minimum atomic E-state index is -0.466. The molecule has 1 aromatic heterocycles. The van der Waals surface area contributed by atoms with E-state index in [0.29, 0.717) is 24.8 Å². The van der Waals surface area contributed by atoms with Crippen LogP contribution in [0.4, 0.5) is 0 Å². The molecule has 5 heteroatoms. The zero-order chi connectivity index (χ0) is 12.8. The molecule has 0 radical (unpaired) electrons. The Hall–Kier alpha value is -1.36. The van der Waals surface area contributed by atoms with Crippen molar-refractivity contribution in [2.75, 3.05) is 13.2 Å². The smallest absolute Gasteiger partial charge is 0.376 e. The molecule has 0 N–H and O–H groups in total. The summed E-state index contributed by atoms with van der Waals surface area (Å²) in [4.78, 5) is 15.9. The van der Waals surface area contributed by atoms with Crippen molar-refractivity contribution >= 4 is 5.97 Å². The third-order valence-corrected chi connectivity index (χ3v) is 2.14. The Labute approximate surface area is 101 Å². The maximum absolute atomic E-state index is 11.7. The van der Waals surface area contributed by atoms with Gasteiger partial charge in [0.05, 0.1) is 12.3 Å². The molecule has 0 aliphatic heterocycles. The number of hydrogen-bond acceptors (Lipinski definition) is 5. The topological polar surface area (TPSA) is 61.6 Å². The highest BCUT2D eigenvalue weighted by atomic mass is 16.5. The molecule has 0 saturated carbocycles. The lowest BCUT2D eigenvalue weighted by Crippen LogP contribution is -2.07. The third kappa shape index (κ3) is 3.56. The molecule has 1 aromatic rings. The van der Waals surface area contributed by atoms with Gasteiger partial charge in [0.2, 0.25) is 11.7 Å². The lowest BCUT2D eigenvalue weighted by Gasteiger charge is -2.02. The van der Waals surface area contributed by atoms with Crippen molar-refractivity contribution in [2.24, 2.45) is 0 Å². The van der Waals surface area contributed by atoms with Crippen LogP contribution < -0.4 is 0 Å². The molecule has 1 heterocycles. The summed E-state index contributed by atoms with van der Waals surface area (Å²) in [6.45, 7) is 8.71. The molecule has 0 fully saturated rings. The van der Waals surface area contributed by atoms with E-state index in [9.17, 15) is 4.79 Å². The van der Waals surface area contributed by atoms with Crippen molar-refractivity contribution in [3.8, 4) is 0 Å². The van der Waals surface area contributed by atoms with Crippen molar-refractivity contribution in [3.63, 3.8) is 0 Å². The Kier molecular flexibility index (Phi) is 5.15. The van der Waals surface area contributed by atoms with Crippen LogP contribution in [-0.4, -0.2) is 24.2 Å². The summed E-state index contributed by atoms with van der Waals surface area (Å²) < 4.78 is 15.5. The zero-order valence-corrected chi connectivity index (χ0v) is 10.8. The molecular formula is C12H19NO4. The highest BCUT2D eigenvalue weighted by molar-refractivity contribution is 5.87. The molecule has 0 bridgehead atoms. The van der Waals surface area contributed by atoms with Crippen LogP contribution in [0.2, 0.25) is 0 Å². The number of hydrogen-bond donors (Lipinski definition) is 0. The highest BCUT2D eigenvalue weighted by Crippen LogP contribution is 2.21. The number of rotatable bonds is 6. The number of ether oxygens (including phenoxy) is 2. The summed E-state index contributed by atoms with van der Waals surface area (Å²) in [7, 11) is 0. The van der Waals surface area contributed by atoms with Gasteiger partial charge in [-0.2, -0.15) is 0 Å². The zero-order valence-electron chi connectivity index (χ0n) is 10.8. The molecule has 0 amide bonds. The fourth-order valence-corrected chi connectivity index (χ4v) is 1.36. The summed E-state index contributed by atoms with van der Waals surface area (Å²) in [6, 6.07) is 0. The summed E-state index contributed by atoms with van der Waals surface area (Å²) in [5.41, 5.74) is 0.623. The predicted molar refractivity (Wildman–Crippen MR) is 61.9 cm³/mol. The molecule has 5 nitrogen and oxygen atoms in total. The van der Waals surface area contributed by atoms with Crippen LogP contribution in [0.15, 0.2) is 4.42 Å². The van der Waals surface area contributed by atoms with E-state index < -0.39 is 5.97 Å². The van der Waals surface area contributed by atoms with Crippen LogP contribution in [0.5, 0.6) is 0 Å². The van der Waals surface area contributed by atoms with Gasteiger partial charge in [-0.25, -0.2) is 9.78 Å². The van der Waals surface area contributed by atoms with E-state index in [2.05, 4.69) is 4.98 Å². The molecule has 0 aliphatic rings. The molecule has 17 heavy (non-hydrogen) atoms. The fourth-order valence-electron chi connectivity index (χ4n) is 1.36. The average molecular weight is 241 g/mol. The maximum atomic E-state index is 11.7. The normalized spacial score (nSPS) is 10.9. The molecule has 0 atom stereocenters. The molecule has 1 rings (SSSR count). The molecule has 96 valence electrons. The van der Waals surface area contributed by atoms with E-state index in [4.69, 9.17) is 13.9 Å². The second kappa shape index (κ2) is 6.39. The van der Waals surface area contributed by atoms with Crippen LogP contribution in [0.1, 0.15) is 55.8 Å². The number of oxazole rings is 1. The summed E-state index contributed by atoms with van der Waals surface area (Å²) in [5.74, 6) is 0.245. The van der Waals surface area contributed by atoms with Crippen molar-refractivity contribution in [3.05, 3.63) is 17.3 Å². The number of esters is 1. The van der Waals surface area contributed by atoms with Crippen molar-refractivity contribution in [2.45, 2.75) is 40.2 Å². The van der Waals surface area contributed by atoms with Crippen molar-refractivity contribution in [1.82, 2.24) is 4.98 Å². The molecule has 0 aromatic carbocycles. The summed E-state index contributed by atoms with van der Waals surface area (Å²) in [6.07, 6.45) is 0. The first-order chi connectivity index (χ1) is 8.10. The molecule has 0 saturated heterocycles. The lowest BCUT2D eigenvalue weighted by molar-refractivity contribution is 0.0478. The van der Waals surface area contributed by atoms with Gasteiger partial charge in [0.1, 0.15) is 6.61 Å². The first-order valence-electron chi connectivity index (χ1n) is 5.84. The monoisotopic (exact) mass is 241 g/mol. The Bertz CT molecular complexity index is 371. The number of nitrogens with zero attached hydrogens (tertiary/aromatic N) is 1. The Balaban J connectivity index is 2.92. The van der Waals surface area contributed by atoms with Gasteiger partial charge in [-0.05, 0) is 19.8 Å². The number of aromatic nitrogens is 1. The van der Waals surface area contributed by atoms with Crippen LogP contribution in [-0.2, 0) is 16.1 Å². The molecule has 0 spiro atoms. The lowest BCUT2D eigenvalue weighted by atomic mass is 10.1. The van der Waals surface area contributed by atoms with E-state index in [0.717, 1.165) is 0 Å². The SMILES string of the molecule is CCOCc1nc(C(C)C)c(C(=O)OCC)o1. The van der Waals surface area contributed by atoms with Gasteiger partial charge in [-0.1, -0.05) is 13.8 Å². The van der Waals surface area contributed by atoms with Crippen LogP contribution in [0.3, 0.4) is 0 Å². The largest absolute Gasteiger partial charge is 0.460 e. The second-order valence-corrected chi connectivity index (χ2v) is 3.83. The van der Waals surface area contributed by atoms with Crippen LogP contribution >= 0.6 is 0 Å². The first-order valence-corrected chi connectivity index (χ1v) is 5.84. The van der Waals surface area contributed by atoms with E-state index in [1.807, 2.05) is 20.8 Å². The first kappa shape index (κ1) is 13.7. The highest BCUT2D eigenvalue weighted by Gasteiger charge is 2.23. The van der Waals surface area contributed by atoms with Gasteiger partial charge in [-0.3, -0.25) is 0 Å². The van der Waals surface area contributed by atoms with Gasteiger partial charge < -0.3 is 13.9 Å². The predicted octanol–water partition coefficient (Wildman–Crippen LogP) is 2.51. The van der Waals surface area contributed by atoms with E-state index in [-0.39, 0.29) is 18.3 Å². The Morgan fingerprint density at radius 3 is 2.59 bits per heavy atom. The number of carbonyl (C=O) groups excluding carboxylic acids is 1. The second-order valence-electron chi connectivity index (χ2n) is 3.83. The van der Waals surface area contributed by atoms with Crippen molar-refractivity contribution in [1.29, 1.82) is 0 Å². The standard InChI is InChI=1S/C12H19NO4/c1-5-15-7-9-13-10(8(3)4)11(17-9)12(14)16-6-2/h8H,5-7H2,1-4H3. The number of carbonyl (C=O) groups is 1. The van der Waals surface area contributed by atoms with Gasteiger partial charge in [-0.15, -0.1) is 0 Å². The van der Waals surface area contributed by atoms with Gasteiger partial charge in [0.15, 0.2) is 0 Å². The van der Waals surface area contributed by atoms with E-state index >= 15 is 0 Å². The fraction of sp³-hybridized carbons (Fsp3) is 0.667. The minimum Gasteiger partial charge on any atom is -0.460 e. The average Bonchev–Trinajstić information content (AvgIpc) is 2.71. The van der Waals surface area contributed by atoms with Crippen LogP contribution in [0.25, 0.3) is 0 Å². The maximum Gasteiger partial charge on any atom is 0.376 e. The minimum absolute atomic E-state index is 0.105. The van der Waals surface area contributed by atoms with E-state index in [1.54, 1.807) is 6.92 Å². The Morgan fingerprint density at radius 1 is 1.35 bits per heavy atom. The van der Waals surface area contributed by atoms with Crippen molar-refractivity contribution < 1.29 is 18.7 Å². The summed E-state index contributed by atoms with van der Waals surface area (Å²) >= 11 is 0. The molecular weight excluding hydrogens is 222 g/mol. The quantitative estimate of drug-likeness (QED) is 0.716. The molecule has 0 aliphatic carbocycles. The van der Waals surface area contributed by atoms with E-state index in [1.165, 1.54) is 0 Å². The Morgan fingerprint density at radius 2 is 2.06 bits per heavy atom. The summed E-state index contributed by atoms with van der Waals surface area (Å²) in [5, 5.41) is 0. The van der Waals surface area contributed by atoms with Crippen LogP contribution in [0, 0.1) is 0 Å². The third-order valence-electron chi connectivity index (χ3n) is 2.14. The van der Waals surface area contributed by atoms with Gasteiger partial charge in [0.25, 0.3) is 0 Å². The van der Waals surface area contributed by atoms with Gasteiger partial charge in [0, 0.05) is 6.61 Å². The molecule has 0 unspecified atom stereocenters. The van der Waals surface area contributed by atoms with Gasteiger partial charge >= 0.3 is 5.97 Å².